The summed E-state index contributed by atoms with van der Waals surface area (Å²) in [5.41, 5.74) is 12.7. The molecule has 0 spiro atoms. The third-order valence-corrected chi connectivity index (χ3v) is 5.44. The Kier molecular flexibility index (Phi) is 6.70. The number of aromatic nitrogens is 1. The molecule has 176 valence electrons. The first-order valence-electron chi connectivity index (χ1n) is 10.5. The Morgan fingerprint density at radius 2 is 1.82 bits per heavy atom. The number of aromatic amines is 1. The standard InChI is InChI=1S/C12H11N3O3.C12H11NO3.H2/c1-17-12(16)10(14-15-13)7-9-4-2-3-8-5-6-18-11(8)9;1-15-12(14)10-6-8-9(13-10)3-2-7-4-5-16-11(7)8;/h2-4,7H,5-6H2,1H3;2-3,6,13H,4-5H2,1H3;1H/b10-7-;;/i;;1+1. The highest BCUT2D eigenvalue weighted by Crippen LogP contribution is 2.34. The quantitative estimate of drug-likeness (QED) is 0.197. The third-order valence-electron chi connectivity index (χ3n) is 5.44. The average Bonchev–Trinajstić information content (AvgIpc) is 3.61. The van der Waals surface area contributed by atoms with Crippen LogP contribution in [0, 0.1) is 0 Å². The first-order valence-corrected chi connectivity index (χ1v) is 10.5. The first-order chi connectivity index (χ1) is 16.5. The number of nitrogens with one attached hydrogen (secondary N) is 1. The molecule has 0 atom stereocenters. The number of hydrogen-bond donors (Lipinski definition) is 1. The second kappa shape index (κ2) is 10.0. The molecule has 34 heavy (non-hydrogen) atoms. The van der Waals surface area contributed by atoms with E-state index in [0.717, 1.165) is 40.8 Å². The molecular weight excluding hydrogens is 440 g/mol. The van der Waals surface area contributed by atoms with Crippen LogP contribution >= 0.6 is 0 Å². The average molecular weight is 465 g/mol. The number of hydrogen-bond acceptors (Lipinski definition) is 7. The second-order valence-electron chi connectivity index (χ2n) is 7.43. The molecule has 0 radical (unpaired) electrons. The topological polar surface area (TPSA) is 136 Å². The number of para-hydroxylation sites is 1. The molecule has 2 aliphatic rings. The predicted octanol–water partition coefficient (Wildman–Crippen LogP) is 4.58. The second-order valence-corrected chi connectivity index (χ2v) is 7.43. The Labute approximate surface area is 196 Å². The molecule has 0 saturated carbocycles. The van der Waals surface area contributed by atoms with Gasteiger partial charge in [0.05, 0.1) is 27.4 Å². The molecule has 0 bridgehead atoms. The van der Waals surface area contributed by atoms with Crippen LogP contribution in [0.25, 0.3) is 27.4 Å². The number of benzene rings is 2. The fraction of sp³-hybridized carbons (Fsp3) is 0.250. The number of methoxy groups -OCH3 is 2. The molecule has 0 unspecified atom stereocenters. The zero-order valence-corrected chi connectivity index (χ0v) is 18.7. The predicted molar refractivity (Wildman–Crippen MR) is 126 cm³/mol. The van der Waals surface area contributed by atoms with Gasteiger partial charge >= 0.3 is 11.9 Å². The van der Waals surface area contributed by atoms with E-state index >= 15 is 0 Å². The number of rotatable bonds is 4. The fourth-order valence-electron chi connectivity index (χ4n) is 3.86. The van der Waals surface area contributed by atoms with Gasteiger partial charge in [0, 0.05) is 35.6 Å². The molecule has 0 saturated heterocycles. The molecule has 0 amide bonds. The molecule has 5 rings (SSSR count). The Balaban J connectivity index is 0.000000191. The number of carbonyl (C=O) groups is 2. The van der Waals surface area contributed by atoms with E-state index < -0.39 is 5.97 Å². The van der Waals surface area contributed by atoms with E-state index in [1.54, 1.807) is 12.1 Å². The van der Waals surface area contributed by atoms with Crippen molar-refractivity contribution in [3.05, 3.63) is 74.9 Å². The lowest BCUT2D eigenvalue weighted by Gasteiger charge is -2.04. The van der Waals surface area contributed by atoms with E-state index in [9.17, 15) is 9.59 Å². The van der Waals surface area contributed by atoms with E-state index in [1.807, 2.05) is 24.3 Å². The van der Waals surface area contributed by atoms with Crippen LogP contribution in [0.1, 0.15) is 28.6 Å². The summed E-state index contributed by atoms with van der Waals surface area (Å²) in [5.74, 6) is 0.585. The summed E-state index contributed by atoms with van der Waals surface area (Å²) in [6.45, 7) is 1.34. The molecule has 1 aromatic heterocycles. The summed E-state index contributed by atoms with van der Waals surface area (Å²) in [4.78, 5) is 28.4. The van der Waals surface area contributed by atoms with Crippen molar-refractivity contribution in [1.82, 2.24) is 4.98 Å². The molecule has 0 fully saturated rings. The van der Waals surface area contributed by atoms with E-state index in [-0.39, 0.29) is 13.1 Å². The normalized spacial score (nSPS) is 13.4. The van der Waals surface area contributed by atoms with Crippen molar-refractivity contribution in [2.45, 2.75) is 12.8 Å². The molecule has 2 aromatic carbocycles. The van der Waals surface area contributed by atoms with E-state index in [4.69, 9.17) is 15.0 Å². The summed E-state index contributed by atoms with van der Waals surface area (Å²) in [6.07, 6.45) is 3.24. The lowest BCUT2D eigenvalue weighted by Crippen LogP contribution is -2.02. The Hall–Kier alpha value is -4.43. The summed E-state index contributed by atoms with van der Waals surface area (Å²) in [5, 5.41) is 4.28. The van der Waals surface area contributed by atoms with Crippen molar-refractivity contribution in [3.63, 3.8) is 0 Å². The maximum Gasteiger partial charge on any atom is 0.354 e. The summed E-state index contributed by atoms with van der Waals surface area (Å²) in [7, 11) is 2.60. The van der Waals surface area contributed by atoms with Gasteiger partial charge in [0.2, 0.25) is 0 Å². The summed E-state index contributed by atoms with van der Waals surface area (Å²) in [6, 6.07) is 11.4. The van der Waals surface area contributed by atoms with Gasteiger partial charge in [-0.05, 0) is 34.9 Å². The maximum absolute atomic E-state index is 11.4. The van der Waals surface area contributed by atoms with Crippen LogP contribution < -0.4 is 9.47 Å². The van der Waals surface area contributed by atoms with Crippen molar-refractivity contribution >= 4 is 28.9 Å². The van der Waals surface area contributed by atoms with Crippen LogP contribution in [0.4, 0.5) is 0 Å². The number of fused-ring (bicyclic) bond motifs is 4. The van der Waals surface area contributed by atoms with E-state index in [0.29, 0.717) is 24.5 Å². The van der Waals surface area contributed by atoms with Crippen molar-refractivity contribution in [2.24, 2.45) is 5.11 Å². The van der Waals surface area contributed by atoms with Gasteiger partial charge in [-0.15, -0.1) is 0 Å². The minimum atomic E-state index is -0.677. The van der Waals surface area contributed by atoms with Gasteiger partial charge in [-0.1, -0.05) is 29.4 Å². The molecule has 1 N–H and O–H groups in total. The number of ether oxygens (including phenoxy) is 4. The van der Waals surface area contributed by atoms with Crippen LogP contribution in [-0.2, 0) is 27.1 Å². The van der Waals surface area contributed by atoms with E-state index in [2.05, 4.69) is 24.5 Å². The van der Waals surface area contributed by atoms with Crippen molar-refractivity contribution in [2.75, 3.05) is 27.4 Å². The molecule has 3 heterocycles. The minimum Gasteiger partial charge on any atom is -0.492 e. The van der Waals surface area contributed by atoms with Crippen LogP contribution in [0.3, 0.4) is 0 Å². The molecule has 3 aromatic rings. The number of nitrogens with zero attached hydrogens (tertiary/aromatic N) is 3. The molecule has 10 nitrogen and oxygen atoms in total. The maximum atomic E-state index is 11.4. The zero-order valence-electron chi connectivity index (χ0n) is 18.7. The lowest BCUT2D eigenvalue weighted by molar-refractivity contribution is -0.136. The van der Waals surface area contributed by atoms with Gasteiger partial charge in [-0.2, -0.15) is 0 Å². The lowest BCUT2D eigenvalue weighted by atomic mass is 10.1. The van der Waals surface area contributed by atoms with E-state index in [1.165, 1.54) is 25.9 Å². The van der Waals surface area contributed by atoms with Crippen LogP contribution in [0.5, 0.6) is 11.5 Å². The summed E-state index contributed by atoms with van der Waals surface area (Å²) < 4.78 is 20.3. The zero-order chi connectivity index (χ0) is 24.1. The highest BCUT2D eigenvalue weighted by Gasteiger charge is 2.19. The number of esters is 2. The first kappa shape index (κ1) is 22.8. The Bertz CT molecular complexity index is 1340. The largest absolute Gasteiger partial charge is 0.492 e. The SMILES string of the molecule is COC(=O)/C(=C/c1cccc2c1OCC2)N=[N+]=[N-].COC(=O)c1cc2c3c(ccc2[nH]1)CCO3.[2HH]. The van der Waals surface area contributed by atoms with Crippen molar-refractivity contribution < 1.29 is 30.0 Å². The van der Waals surface area contributed by atoms with Gasteiger partial charge in [0.25, 0.3) is 0 Å². The van der Waals surface area contributed by atoms with Gasteiger partial charge in [-0.25, -0.2) is 9.59 Å². The third kappa shape index (κ3) is 4.53. The van der Waals surface area contributed by atoms with Gasteiger partial charge < -0.3 is 23.9 Å². The van der Waals surface area contributed by atoms with Gasteiger partial charge in [-0.3, -0.25) is 0 Å². The monoisotopic (exact) mass is 465 g/mol. The molecule has 10 heteroatoms. The van der Waals surface area contributed by atoms with Crippen LogP contribution in [0.15, 0.2) is 47.2 Å². The Morgan fingerprint density at radius 1 is 1.09 bits per heavy atom. The fourth-order valence-corrected chi connectivity index (χ4v) is 3.86. The highest BCUT2D eigenvalue weighted by atomic mass is 16.5. The van der Waals surface area contributed by atoms with Crippen molar-refractivity contribution in [1.29, 1.82) is 0 Å². The highest BCUT2D eigenvalue weighted by molar-refractivity contribution is 5.97. The Morgan fingerprint density at radius 3 is 2.53 bits per heavy atom. The number of azide groups is 1. The number of carbonyl (C=O) groups excluding carboxylic acids is 2. The molecular formula is C24H24N4O6. The van der Waals surface area contributed by atoms with Gasteiger partial charge in [0.1, 0.15) is 22.9 Å². The summed E-state index contributed by atoms with van der Waals surface area (Å²) >= 11 is 0. The van der Waals surface area contributed by atoms with Crippen LogP contribution in [0.2, 0.25) is 0 Å². The van der Waals surface area contributed by atoms with Crippen molar-refractivity contribution in [3.8, 4) is 11.5 Å². The van der Waals surface area contributed by atoms with Gasteiger partial charge in [0.15, 0.2) is 0 Å². The minimum absolute atomic E-state index is 0. The smallest absolute Gasteiger partial charge is 0.354 e. The molecule has 0 aliphatic carbocycles. The molecule has 2 aliphatic heterocycles. The van der Waals surface area contributed by atoms with Crippen LogP contribution in [-0.4, -0.2) is 44.4 Å². The number of H-pyrrole nitrogens is 1.